The van der Waals surface area contributed by atoms with Crippen LogP contribution in [0.1, 0.15) is 61.5 Å². The first-order valence-corrected chi connectivity index (χ1v) is 13.5. The van der Waals surface area contributed by atoms with Gasteiger partial charge in [0.25, 0.3) is 5.91 Å². The maximum absolute atomic E-state index is 13.5. The number of methoxy groups -OCH3 is 1. The summed E-state index contributed by atoms with van der Waals surface area (Å²) in [6, 6.07) is 7.11. The number of fused-ring (bicyclic) bond motifs is 1. The van der Waals surface area contributed by atoms with Crippen LogP contribution in [-0.4, -0.2) is 58.5 Å². The molecule has 1 fully saturated rings. The molecule has 0 saturated heterocycles. The molecule has 0 unspecified atom stereocenters. The SMILES string of the molecule is CO[C@]1(C(=O)N[C@@H](C)c2ccc(-n3cc(F)cn3)nc2)CC[C@H](c2nc(Nc3cc(C)[nH]n3)cc3[nH]cnc32)CC1. The first kappa shape index (κ1) is 26.6. The predicted octanol–water partition coefficient (Wildman–Crippen LogP) is 4.37. The highest BCUT2D eigenvalue weighted by molar-refractivity contribution is 5.86. The second kappa shape index (κ2) is 10.7. The Morgan fingerprint density at radius 1 is 1.20 bits per heavy atom. The molecule has 5 aromatic heterocycles. The van der Waals surface area contributed by atoms with Gasteiger partial charge in [-0.05, 0) is 51.2 Å². The molecule has 5 aromatic rings. The smallest absolute Gasteiger partial charge is 0.252 e. The van der Waals surface area contributed by atoms with Crippen molar-refractivity contribution in [1.29, 1.82) is 0 Å². The topological polar surface area (TPSA) is 151 Å². The fraction of sp³-hybridized carbons (Fsp3) is 0.357. The summed E-state index contributed by atoms with van der Waals surface area (Å²) in [5.41, 5.74) is 3.42. The Kier molecular flexibility index (Phi) is 6.95. The summed E-state index contributed by atoms with van der Waals surface area (Å²) in [6.45, 7) is 3.84. The maximum Gasteiger partial charge on any atom is 0.252 e. The van der Waals surface area contributed by atoms with E-state index >= 15 is 0 Å². The van der Waals surface area contributed by atoms with E-state index in [1.807, 2.05) is 32.0 Å². The van der Waals surface area contributed by atoms with Crippen LogP contribution in [0.4, 0.5) is 16.0 Å². The Bertz CT molecular complexity index is 1670. The number of carbonyl (C=O) groups excluding carboxylic acids is 1. The summed E-state index contributed by atoms with van der Waals surface area (Å²) in [6.07, 6.45) is 8.22. The highest BCUT2D eigenvalue weighted by Gasteiger charge is 2.43. The van der Waals surface area contributed by atoms with Crippen molar-refractivity contribution in [3.05, 3.63) is 72.0 Å². The molecule has 0 spiro atoms. The molecule has 0 radical (unpaired) electrons. The fourth-order valence-electron chi connectivity index (χ4n) is 5.44. The van der Waals surface area contributed by atoms with Crippen LogP contribution in [-0.2, 0) is 9.53 Å². The second-order valence-electron chi connectivity index (χ2n) is 10.5. The maximum atomic E-state index is 13.5. The summed E-state index contributed by atoms with van der Waals surface area (Å²) >= 11 is 0. The summed E-state index contributed by atoms with van der Waals surface area (Å²) in [7, 11) is 1.59. The number of nitrogens with zero attached hydrogens (tertiary/aromatic N) is 6. The lowest BCUT2D eigenvalue weighted by molar-refractivity contribution is -0.148. The van der Waals surface area contributed by atoms with Crippen LogP contribution in [0.5, 0.6) is 0 Å². The van der Waals surface area contributed by atoms with Crippen molar-refractivity contribution in [2.24, 2.45) is 0 Å². The van der Waals surface area contributed by atoms with E-state index in [2.05, 4.69) is 40.9 Å². The Balaban J connectivity index is 1.14. The van der Waals surface area contributed by atoms with Gasteiger partial charge in [-0.2, -0.15) is 10.2 Å². The van der Waals surface area contributed by atoms with Gasteiger partial charge < -0.3 is 20.4 Å². The molecule has 13 heteroatoms. The largest absolute Gasteiger partial charge is 0.368 e. The molecule has 1 aliphatic rings. The molecule has 1 amide bonds. The number of rotatable bonds is 8. The average Bonchev–Trinajstić information content (AvgIpc) is 3.74. The lowest BCUT2D eigenvalue weighted by Crippen LogP contribution is -2.50. The molecule has 1 saturated carbocycles. The number of amides is 1. The van der Waals surface area contributed by atoms with Gasteiger partial charge in [0.15, 0.2) is 17.5 Å². The summed E-state index contributed by atoms with van der Waals surface area (Å²) in [5, 5.41) is 17.5. The van der Waals surface area contributed by atoms with Crippen molar-refractivity contribution in [3.8, 4) is 5.82 Å². The minimum atomic E-state index is -0.947. The number of nitrogens with one attached hydrogen (secondary N) is 4. The van der Waals surface area contributed by atoms with E-state index in [0.717, 1.165) is 34.2 Å². The van der Waals surface area contributed by atoms with Crippen LogP contribution in [0.2, 0.25) is 0 Å². The number of imidazole rings is 1. The standard InChI is InChI=1S/C28H31FN10O2/c1-16-10-23(38-37-16)35-22-11-21-26(32-15-31-21)25(36-22)18-6-8-28(41-3,9-7-18)27(40)34-17(2)19-4-5-24(30-12-19)39-14-20(29)13-33-39/h4-5,10-15,17-18H,6-9H2,1-3H3,(H,31,32)(H,34,40)(H2,35,36,37,38)/t17-,18-,28+/m0/s1. The van der Waals surface area contributed by atoms with Gasteiger partial charge in [0, 0.05) is 37.1 Å². The van der Waals surface area contributed by atoms with Crippen molar-refractivity contribution in [1.82, 2.24) is 45.2 Å². The lowest BCUT2D eigenvalue weighted by atomic mass is 9.76. The zero-order valence-corrected chi connectivity index (χ0v) is 23.0. The van der Waals surface area contributed by atoms with Crippen molar-refractivity contribution >= 4 is 28.6 Å². The van der Waals surface area contributed by atoms with Crippen LogP contribution in [0.25, 0.3) is 16.9 Å². The second-order valence-corrected chi connectivity index (χ2v) is 10.5. The number of aromatic nitrogens is 8. The third kappa shape index (κ3) is 5.27. The van der Waals surface area contributed by atoms with Crippen LogP contribution in [0.3, 0.4) is 0 Å². The number of ether oxygens (including phenoxy) is 1. The Labute approximate surface area is 235 Å². The van der Waals surface area contributed by atoms with E-state index in [0.29, 0.717) is 43.1 Å². The Morgan fingerprint density at radius 2 is 2.02 bits per heavy atom. The number of aryl methyl sites for hydroxylation is 1. The van der Waals surface area contributed by atoms with E-state index in [1.165, 1.54) is 10.9 Å². The molecule has 212 valence electrons. The molecule has 12 nitrogen and oxygen atoms in total. The first-order valence-electron chi connectivity index (χ1n) is 13.5. The number of pyridine rings is 2. The van der Waals surface area contributed by atoms with Crippen molar-refractivity contribution in [3.63, 3.8) is 0 Å². The molecule has 4 N–H and O–H groups in total. The van der Waals surface area contributed by atoms with Crippen LogP contribution in [0, 0.1) is 12.7 Å². The Hall–Kier alpha value is -4.65. The average molecular weight is 559 g/mol. The zero-order valence-electron chi connectivity index (χ0n) is 23.0. The molecule has 1 aliphatic carbocycles. The number of halogens is 1. The molecule has 0 aromatic carbocycles. The number of carbonyl (C=O) groups is 1. The number of hydrogen-bond acceptors (Lipinski definition) is 8. The number of H-pyrrole nitrogens is 2. The molecular weight excluding hydrogens is 527 g/mol. The minimum absolute atomic E-state index is 0.112. The third-order valence-corrected chi connectivity index (χ3v) is 7.78. The minimum Gasteiger partial charge on any atom is -0.368 e. The first-order chi connectivity index (χ1) is 19.8. The summed E-state index contributed by atoms with van der Waals surface area (Å²) in [5.74, 6) is 1.37. The van der Waals surface area contributed by atoms with Crippen LogP contribution < -0.4 is 10.6 Å². The molecule has 5 heterocycles. The van der Waals surface area contributed by atoms with Gasteiger partial charge in [-0.1, -0.05) is 6.07 Å². The van der Waals surface area contributed by atoms with E-state index in [4.69, 9.17) is 9.72 Å². The van der Waals surface area contributed by atoms with E-state index in [1.54, 1.807) is 25.7 Å². The van der Waals surface area contributed by atoms with Gasteiger partial charge in [-0.25, -0.2) is 24.0 Å². The molecule has 41 heavy (non-hydrogen) atoms. The summed E-state index contributed by atoms with van der Waals surface area (Å²) < 4.78 is 20.5. The van der Waals surface area contributed by atoms with E-state index in [-0.39, 0.29) is 17.9 Å². The van der Waals surface area contributed by atoms with Gasteiger partial charge in [0.1, 0.15) is 16.9 Å². The van der Waals surface area contributed by atoms with E-state index in [9.17, 15) is 9.18 Å². The lowest BCUT2D eigenvalue weighted by Gasteiger charge is -2.38. The fourth-order valence-corrected chi connectivity index (χ4v) is 5.44. The van der Waals surface area contributed by atoms with E-state index < -0.39 is 11.4 Å². The third-order valence-electron chi connectivity index (χ3n) is 7.78. The molecule has 0 aliphatic heterocycles. The number of aromatic amines is 2. The van der Waals surface area contributed by atoms with Crippen molar-refractivity contribution in [2.75, 3.05) is 12.4 Å². The van der Waals surface area contributed by atoms with Gasteiger partial charge in [-0.15, -0.1) is 0 Å². The quantitative estimate of drug-likeness (QED) is 0.219. The monoisotopic (exact) mass is 558 g/mol. The molecule has 1 atom stereocenters. The molecule has 6 rings (SSSR count). The number of anilines is 2. The molecular formula is C28H31FN10O2. The van der Waals surface area contributed by atoms with Gasteiger partial charge >= 0.3 is 0 Å². The van der Waals surface area contributed by atoms with Crippen molar-refractivity contribution in [2.45, 2.75) is 57.1 Å². The van der Waals surface area contributed by atoms with Gasteiger partial charge in [0.05, 0.1) is 36.0 Å². The highest BCUT2D eigenvalue weighted by Crippen LogP contribution is 2.41. The van der Waals surface area contributed by atoms with Crippen molar-refractivity contribution < 1.29 is 13.9 Å². The Morgan fingerprint density at radius 3 is 2.68 bits per heavy atom. The number of hydrogen-bond donors (Lipinski definition) is 4. The summed E-state index contributed by atoms with van der Waals surface area (Å²) in [4.78, 5) is 30.5. The predicted molar refractivity (Wildman–Crippen MR) is 149 cm³/mol. The van der Waals surface area contributed by atoms with Gasteiger partial charge in [-0.3, -0.25) is 9.89 Å². The highest BCUT2D eigenvalue weighted by atomic mass is 19.1. The molecule has 0 bridgehead atoms. The van der Waals surface area contributed by atoms with Gasteiger partial charge in [0.2, 0.25) is 0 Å². The van der Waals surface area contributed by atoms with Crippen LogP contribution >= 0.6 is 0 Å². The normalized spacial score (nSPS) is 19.8. The van der Waals surface area contributed by atoms with Crippen LogP contribution in [0.15, 0.2) is 49.2 Å². The zero-order chi connectivity index (χ0) is 28.6.